The summed E-state index contributed by atoms with van der Waals surface area (Å²) in [5.74, 6) is -34.7. The van der Waals surface area contributed by atoms with Crippen molar-refractivity contribution < 1.29 is 62.2 Å². The molecular formula is C13H13F13OSi. The fraction of sp³-hybridized carbons (Fsp3) is 0.846. The van der Waals surface area contributed by atoms with E-state index in [2.05, 4.69) is 5.54 Å². The first-order valence-corrected chi connectivity index (χ1v) is 10.3. The molecular weight excluding hydrogens is 447 g/mol. The predicted octanol–water partition coefficient (Wildman–Crippen LogP) is 5.36. The zero-order valence-electron chi connectivity index (χ0n) is 14.0. The Balaban J connectivity index is 5.99. The normalized spacial score (nSPS) is 15.3. The molecule has 1 N–H and O–H groups in total. The van der Waals surface area contributed by atoms with Gasteiger partial charge in [-0.3, -0.25) is 0 Å². The van der Waals surface area contributed by atoms with E-state index in [1.807, 2.05) is 5.92 Å². The maximum absolute atomic E-state index is 13.6. The molecule has 0 radical (unpaired) electrons. The van der Waals surface area contributed by atoms with Crippen molar-refractivity contribution in [2.45, 2.75) is 61.3 Å². The highest BCUT2D eigenvalue weighted by molar-refractivity contribution is 6.85. The van der Waals surface area contributed by atoms with Crippen molar-refractivity contribution in [1.29, 1.82) is 0 Å². The Kier molecular flexibility index (Phi) is 7.26. The molecule has 0 spiro atoms. The second-order valence-electron chi connectivity index (χ2n) is 6.34. The van der Waals surface area contributed by atoms with E-state index in [4.69, 9.17) is 5.11 Å². The van der Waals surface area contributed by atoms with Crippen LogP contribution in [0.3, 0.4) is 0 Å². The molecule has 166 valence electrons. The van der Waals surface area contributed by atoms with Gasteiger partial charge in [-0.1, -0.05) is 19.0 Å². The summed E-state index contributed by atoms with van der Waals surface area (Å²) in [4.78, 5) is 0. The van der Waals surface area contributed by atoms with Crippen molar-refractivity contribution in [2.75, 3.05) is 6.61 Å². The van der Waals surface area contributed by atoms with Crippen LogP contribution in [0, 0.1) is 11.5 Å². The van der Waals surface area contributed by atoms with Gasteiger partial charge in [0, 0.05) is 6.42 Å². The molecule has 0 fully saturated rings. The van der Waals surface area contributed by atoms with Crippen LogP contribution in [0.25, 0.3) is 0 Å². The maximum Gasteiger partial charge on any atom is 0.460 e. The van der Waals surface area contributed by atoms with Crippen LogP contribution in [0.4, 0.5) is 57.1 Å². The number of aliphatic hydroxyl groups is 1. The minimum Gasteiger partial charge on any atom is -0.384 e. The van der Waals surface area contributed by atoms with Crippen molar-refractivity contribution in [3.63, 3.8) is 0 Å². The lowest BCUT2D eigenvalue weighted by Crippen LogP contribution is -2.70. The summed E-state index contributed by atoms with van der Waals surface area (Å²) in [6.07, 6.45) is -9.66. The van der Waals surface area contributed by atoms with Gasteiger partial charge in [0.15, 0.2) is 0 Å². The standard InChI is InChI=1S/C13H13F13OSi/c1-28(2,6-3-5-27)7-4-8(14,15)9(16,17)10(18,19)11(20,21)12(22,23)13(24,25)26/h27H,4-5,7H2,1-2H3. The monoisotopic (exact) mass is 460 g/mol. The molecule has 0 aromatic carbocycles. The molecule has 0 saturated carbocycles. The second-order valence-corrected chi connectivity index (χ2v) is 10.9. The van der Waals surface area contributed by atoms with Gasteiger partial charge in [0.1, 0.15) is 14.7 Å². The zero-order chi connectivity index (χ0) is 23.0. The van der Waals surface area contributed by atoms with E-state index >= 15 is 0 Å². The van der Waals surface area contributed by atoms with E-state index in [0.29, 0.717) is 0 Å². The van der Waals surface area contributed by atoms with Gasteiger partial charge in [-0.15, -0.1) is 5.54 Å². The SMILES string of the molecule is C[Si](C)(C#CCO)CCC(F)(F)C(F)(F)C(F)(F)C(F)(F)C(F)(F)C(F)(F)F. The molecule has 0 aromatic rings. The molecule has 0 heterocycles. The molecule has 0 aromatic heterocycles. The summed E-state index contributed by atoms with van der Waals surface area (Å²) in [6, 6.07) is -1.04. The van der Waals surface area contributed by atoms with Crippen molar-refractivity contribution in [3.8, 4) is 11.5 Å². The highest BCUT2D eigenvalue weighted by Gasteiger charge is 2.90. The second kappa shape index (κ2) is 7.58. The fourth-order valence-electron chi connectivity index (χ4n) is 1.77. The average Bonchev–Trinajstić information content (AvgIpc) is 2.49. The van der Waals surface area contributed by atoms with Crippen LogP contribution in [-0.4, -0.2) is 55.6 Å². The maximum atomic E-state index is 13.6. The fourth-order valence-corrected chi connectivity index (χ4v) is 3.39. The molecule has 28 heavy (non-hydrogen) atoms. The van der Waals surface area contributed by atoms with E-state index in [1.165, 1.54) is 0 Å². The summed E-state index contributed by atoms with van der Waals surface area (Å²) >= 11 is 0. The summed E-state index contributed by atoms with van der Waals surface area (Å²) in [7, 11) is -3.18. The van der Waals surface area contributed by atoms with Gasteiger partial charge in [-0.2, -0.15) is 57.1 Å². The molecule has 0 amide bonds. The Hall–Kier alpha value is -1.17. The molecule has 0 aliphatic heterocycles. The van der Waals surface area contributed by atoms with Crippen molar-refractivity contribution in [3.05, 3.63) is 0 Å². The lowest BCUT2D eigenvalue weighted by atomic mass is 9.93. The summed E-state index contributed by atoms with van der Waals surface area (Å²) in [5.41, 5.74) is 2.20. The van der Waals surface area contributed by atoms with Crippen LogP contribution >= 0.6 is 0 Å². The number of alkyl halides is 13. The molecule has 0 bridgehead atoms. The van der Waals surface area contributed by atoms with E-state index in [0.717, 1.165) is 13.1 Å². The summed E-state index contributed by atoms with van der Waals surface area (Å²) < 4.78 is 168. The van der Waals surface area contributed by atoms with Crippen LogP contribution < -0.4 is 0 Å². The van der Waals surface area contributed by atoms with Gasteiger partial charge in [0.25, 0.3) is 0 Å². The van der Waals surface area contributed by atoms with Crippen LogP contribution in [0.1, 0.15) is 6.42 Å². The first-order chi connectivity index (χ1) is 12.0. The van der Waals surface area contributed by atoms with Gasteiger partial charge in [-0.25, -0.2) is 0 Å². The molecule has 0 saturated heterocycles. The van der Waals surface area contributed by atoms with E-state index in [-0.39, 0.29) is 0 Å². The minimum atomic E-state index is -7.88. The van der Waals surface area contributed by atoms with Crippen molar-refractivity contribution >= 4 is 8.07 Å². The van der Waals surface area contributed by atoms with E-state index in [9.17, 15) is 57.1 Å². The quantitative estimate of drug-likeness (QED) is 0.308. The summed E-state index contributed by atoms with van der Waals surface area (Å²) in [5, 5.41) is 8.46. The average molecular weight is 460 g/mol. The Morgan fingerprint density at radius 1 is 0.679 bits per heavy atom. The van der Waals surface area contributed by atoms with Gasteiger partial charge in [-0.05, 0) is 6.04 Å². The zero-order valence-corrected chi connectivity index (χ0v) is 15.0. The van der Waals surface area contributed by atoms with Gasteiger partial charge in [0.05, 0.1) is 0 Å². The van der Waals surface area contributed by atoms with Crippen LogP contribution in [0.15, 0.2) is 0 Å². The Bertz CT molecular complexity index is 612. The lowest BCUT2D eigenvalue weighted by molar-refractivity contribution is -0.439. The van der Waals surface area contributed by atoms with Crippen LogP contribution in [0.2, 0.25) is 19.1 Å². The Morgan fingerprint density at radius 2 is 1.07 bits per heavy atom. The highest BCUT2D eigenvalue weighted by Crippen LogP contribution is 2.60. The number of halogens is 13. The molecule has 0 aliphatic carbocycles. The lowest BCUT2D eigenvalue weighted by Gasteiger charge is -2.40. The third-order valence-electron chi connectivity index (χ3n) is 3.57. The van der Waals surface area contributed by atoms with Crippen LogP contribution in [-0.2, 0) is 0 Å². The molecule has 0 aliphatic rings. The molecule has 0 atom stereocenters. The van der Waals surface area contributed by atoms with Crippen molar-refractivity contribution in [1.82, 2.24) is 0 Å². The number of aliphatic hydroxyl groups excluding tert-OH is 1. The largest absolute Gasteiger partial charge is 0.460 e. The van der Waals surface area contributed by atoms with Gasteiger partial charge < -0.3 is 5.11 Å². The summed E-state index contributed by atoms with van der Waals surface area (Å²) in [6.45, 7) is 1.53. The van der Waals surface area contributed by atoms with Crippen LogP contribution in [0.5, 0.6) is 0 Å². The first-order valence-electron chi connectivity index (χ1n) is 7.08. The predicted molar refractivity (Wildman–Crippen MR) is 72.6 cm³/mol. The topological polar surface area (TPSA) is 20.2 Å². The molecule has 0 unspecified atom stereocenters. The highest BCUT2D eigenvalue weighted by atomic mass is 28.3. The smallest absolute Gasteiger partial charge is 0.384 e. The first kappa shape index (κ1) is 26.8. The molecule has 0 rings (SSSR count). The van der Waals surface area contributed by atoms with Crippen molar-refractivity contribution in [2.24, 2.45) is 0 Å². The Labute approximate surface area is 150 Å². The van der Waals surface area contributed by atoms with E-state index in [1.54, 1.807) is 0 Å². The van der Waals surface area contributed by atoms with E-state index < -0.39 is 62.9 Å². The van der Waals surface area contributed by atoms with Gasteiger partial charge in [0.2, 0.25) is 0 Å². The Morgan fingerprint density at radius 3 is 1.43 bits per heavy atom. The third-order valence-corrected chi connectivity index (χ3v) is 5.92. The third kappa shape index (κ3) is 4.52. The number of hydrogen-bond acceptors (Lipinski definition) is 1. The molecule has 1 nitrogen and oxygen atoms in total. The number of hydrogen-bond donors (Lipinski definition) is 1. The minimum absolute atomic E-state index is 0.764. The number of rotatable bonds is 7. The molecule has 15 heteroatoms. The van der Waals surface area contributed by atoms with Gasteiger partial charge >= 0.3 is 35.8 Å².